The highest BCUT2D eigenvalue weighted by Crippen LogP contribution is 2.39. The molecule has 5 rings (SSSR count). The van der Waals surface area contributed by atoms with Crippen LogP contribution < -0.4 is 0 Å². The first-order valence-corrected chi connectivity index (χ1v) is 8.99. The standard InChI is InChI=1S/C20H16N2S/c1-4-8-16-13(5-1)9-10-17-15-7-3-2-6-14(15)11-18(20(16)17)19-12-23-22-21-19/h2-3,6-7,9-12H,1,4-5,8H2. The van der Waals surface area contributed by atoms with Crippen molar-refractivity contribution in [3.05, 3.63) is 59.0 Å². The molecule has 0 radical (unpaired) electrons. The molecule has 0 bridgehead atoms. The molecule has 0 spiro atoms. The van der Waals surface area contributed by atoms with Crippen molar-refractivity contribution in [3.63, 3.8) is 0 Å². The van der Waals surface area contributed by atoms with E-state index in [1.165, 1.54) is 75.5 Å². The summed E-state index contributed by atoms with van der Waals surface area (Å²) in [5, 5.41) is 11.8. The first kappa shape index (κ1) is 13.2. The van der Waals surface area contributed by atoms with Crippen LogP contribution in [0.15, 0.2) is 47.8 Å². The van der Waals surface area contributed by atoms with E-state index in [9.17, 15) is 0 Å². The number of hydrogen-bond acceptors (Lipinski definition) is 3. The van der Waals surface area contributed by atoms with Crippen molar-refractivity contribution in [2.75, 3.05) is 0 Å². The van der Waals surface area contributed by atoms with Crippen LogP contribution in [0, 0.1) is 0 Å². The van der Waals surface area contributed by atoms with Gasteiger partial charge in [-0.2, -0.15) is 0 Å². The van der Waals surface area contributed by atoms with E-state index in [4.69, 9.17) is 0 Å². The molecule has 0 saturated heterocycles. The Balaban J connectivity index is 1.99. The molecule has 3 heteroatoms. The monoisotopic (exact) mass is 316 g/mol. The van der Waals surface area contributed by atoms with Crippen LogP contribution in [0.4, 0.5) is 0 Å². The number of rotatable bonds is 1. The van der Waals surface area contributed by atoms with Gasteiger partial charge in [0.2, 0.25) is 0 Å². The first-order valence-electron chi connectivity index (χ1n) is 8.15. The van der Waals surface area contributed by atoms with Gasteiger partial charge in [0.25, 0.3) is 0 Å². The zero-order valence-corrected chi connectivity index (χ0v) is 13.6. The van der Waals surface area contributed by atoms with Gasteiger partial charge in [-0.1, -0.05) is 40.9 Å². The Morgan fingerprint density at radius 2 is 1.83 bits per heavy atom. The number of benzene rings is 3. The average molecular weight is 316 g/mol. The van der Waals surface area contributed by atoms with Gasteiger partial charge in [0.05, 0.1) is 0 Å². The Kier molecular flexibility index (Phi) is 2.95. The highest BCUT2D eigenvalue weighted by molar-refractivity contribution is 7.03. The molecule has 3 aromatic carbocycles. The van der Waals surface area contributed by atoms with E-state index in [-0.39, 0.29) is 0 Å². The quantitative estimate of drug-likeness (QED) is 0.440. The van der Waals surface area contributed by atoms with Crippen molar-refractivity contribution >= 4 is 33.1 Å². The first-order chi connectivity index (χ1) is 11.4. The SMILES string of the molecule is c1ccc2c(c1)cc(-c1csnn1)c1c3c(ccc12)CCCC3. The number of aryl methyl sites for hydroxylation is 2. The minimum absolute atomic E-state index is 1.00. The molecule has 0 saturated carbocycles. The van der Waals surface area contributed by atoms with Crippen LogP contribution in [-0.4, -0.2) is 9.59 Å². The predicted molar refractivity (Wildman–Crippen MR) is 97.0 cm³/mol. The van der Waals surface area contributed by atoms with E-state index < -0.39 is 0 Å². The fraction of sp³-hybridized carbons (Fsp3) is 0.200. The van der Waals surface area contributed by atoms with Crippen LogP contribution in [0.25, 0.3) is 32.8 Å². The molecule has 0 N–H and O–H groups in total. The maximum Gasteiger partial charge on any atom is 0.106 e. The van der Waals surface area contributed by atoms with Crippen LogP contribution in [0.1, 0.15) is 24.0 Å². The van der Waals surface area contributed by atoms with Gasteiger partial charge in [0, 0.05) is 10.9 Å². The van der Waals surface area contributed by atoms with Crippen LogP contribution >= 0.6 is 11.5 Å². The minimum Gasteiger partial charge on any atom is -0.138 e. The smallest absolute Gasteiger partial charge is 0.106 e. The van der Waals surface area contributed by atoms with Crippen molar-refractivity contribution in [1.82, 2.24) is 9.59 Å². The third-order valence-corrected chi connectivity index (χ3v) is 5.49. The van der Waals surface area contributed by atoms with E-state index in [2.05, 4.69) is 57.4 Å². The van der Waals surface area contributed by atoms with Crippen LogP contribution in [0.2, 0.25) is 0 Å². The van der Waals surface area contributed by atoms with Crippen molar-refractivity contribution in [2.24, 2.45) is 0 Å². The summed E-state index contributed by atoms with van der Waals surface area (Å²) in [7, 11) is 0. The third kappa shape index (κ3) is 2.00. The number of fused-ring (bicyclic) bond motifs is 5. The maximum absolute atomic E-state index is 4.36. The summed E-state index contributed by atoms with van der Waals surface area (Å²) in [4.78, 5) is 0. The van der Waals surface area contributed by atoms with Gasteiger partial charge in [-0.3, -0.25) is 0 Å². The molecular formula is C20H16N2S. The lowest BCUT2D eigenvalue weighted by molar-refractivity contribution is 0.690. The Hall–Kier alpha value is -2.26. The second kappa shape index (κ2) is 5.14. The Morgan fingerprint density at radius 3 is 2.74 bits per heavy atom. The van der Waals surface area contributed by atoms with Gasteiger partial charge >= 0.3 is 0 Å². The lowest BCUT2D eigenvalue weighted by Crippen LogP contribution is -2.04. The van der Waals surface area contributed by atoms with E-state index >= 15 is 0 Å². The zero-order valence-electron chi connectivity index (χ0n) is 12.7. The molecule has 1 aliphatic carbocycles. The second-order valence-corrected chi connectivity index (χ2v) is 6.88. The molecule has 1 heterocycles. The lowest BCUT2D eigenvalue weighted by Gasteiger charge is -2.20. The van der Waals surface area contributed by atoms with Gasteiger partial charge in [0.15, 0.2) is 0 Å². The predicted octanol–water partition coefficient (Wildman–Crippen LogP) is 5.39. The molecular weight excluding hydrogens is 300 g/mol. The number of aromatic nitrogens is 2. The molecule has 1 aliphatic rings. The summed E-state index contributed by atoms with van der Waals surface area (Å²) in [5.74, 6) is 0. The van der Waals surface area contributed by atoms with Crippen LogP contribution in [-0.2, 0) is 12.8 Å². The summed E-state index contributed by atoms with van der Waals surface area (Å²) in [6.45, 7) is 0. The van der Waals surface area contributed by atoms with Gasteiger partial charge in [0.1, 0.15) is 5.69 Å². The van der Waals surface area contributed by atoms with E-state index in [0.29, 0.717) is 0 Å². The molecule has 0 unspecified atom stereocenters. The number of nitrogens with zero attached hydrogens (tertiary/aromatic N) is 2. The third-order valence-electron chi connectivity index (χ3n) is 4.99. The van der Waals surface area contributed by atoms with E-state index in [1.54, 1.807) is 0 Å². The lowest BCUT2D eigenvalue weighted by atomic mass is 9.84. The Morgan fingerprint density at radius 1 is 0.913 bits per heavy atom. The average Bonchev–Trinajstić information content (AvgIpc) is 3.15. The topological polar surface area (TPSA) is 25.8 Å². The Labute approximate surface area is 138 Å². The zero-order chi connectivity index (χ0) is 15.2. The second-order valence-electron chi connectivity index (χ2n) is 6.27. The largest absolute Gasteiger partial charge is 0.138 e. The summed E-state index contributed by atoms with van der Waals surface area (Å²) < 4.78 is 4.09. The molecule has 112 valence electrons. The number of hydrogen-bond donors (Lipinski definition) is 0. The molecule has 0 fully saturated rings. The fourth-order valence-corrected chi connectivity index (χ4v) is 4.40. The van der Waals surface area contributed by atoms with Crippen molar-refractivity contribution < 1.29 is 0 Å². The van der Waals surface area contributed by atoms with Crippen molar-refractivity contribution in [3.8, 4) is 11.3 Å². The molecule has 0 atom stereocenters. The van der Waals surface area contributed by atoms with Gasteiger partial charge in [-0.25, -0.2) is 0 Å². The summed E-state index contributed by atoms with van der Waals surface area (Å²) >= 11 is 1.42. The molecule has 1 aromatic heterocycles. The summed E-state index contributed by atoms with van der Waals surface area (Å²) in [6.07, 6.45) is 4.97. The van der Waals surface area contributed by atoms with Gasteiger partial charge < -0.3 is 0 Å². The summed E-state index contributed by atoms with van der Waals surface area (Å²) in [5.41, 5.74) is 5.29. The van der Waals surface area contributed by atoms with Gasteiger partial charge in [-0.15, -0.1) is 5.10 Å². The van der Waals surface area contributed by atoms with Crippen molar-refractivity contribution in [2.45, 2.75) is 25.7 Å². The fourth-order valence-electron chi connectivity index (χ4n) is 3.94. The highest BCUT2D eigenvalue weighted by atomic mass is 32.1. The van der Waals surface area contributed by atoms with E-state index in [1.807, 2.05) is 0 Å². The molecule has 2 nitrogen and oxygen atoms in total. The van der Waals surface area contributed by atoms with Gasteiger partial charge in [-0.05, 0) is 76.0 Å². The van der Waals surface area contributed by atoms with Crippen molar-refractivity contribution in [1.29, 1.82) is 0 Å². The molecule has 0 amide bonds. The van der Waals surface area contributed by atoms with E-state index in [0.717, 1.165) is 5.69 Å². The summed E-state index contributed by atoms with van der Waals surface area (Å²) in [6, 6.07) is 15.6. The minimum atomic E-state index is 1.00. The maximum atomic E-state index is 4.36. The highest BCUT2D eigenvalue weighted by Gasteiger charge is 2.18. The molecule has 0 aliphatic heterocycles. The Bertz CT molecular complexity index is 1020. The normalized spacial score (nSPS) is 14.3. The molecule has 4 aromatic rings. The van der Waals surface area contributed by atoms with Crippen LogP contribution in [0.5, 0.6) is 0 Å². The molecule has 23 heavy (non-hydrogen) atoms. The van der Waals surface area contributed by atoms with Crippen LogP contribution in [0.3, 0.4) is 0 Å².